The van der Waals surface area contributed by atoms with Gasteiger partial charge in [-0.3, -0.25) is 0 Å². The fourth-order valence-electron chi connectivity index (χ4n) is 2.14. The standard InChI is InChI=1S/C14H19ClF3N3/c1-2-5-19-7-10-6-13(20-8-12(10)15)21(11-3-4-11)9-14(16,17)18/h6,8,11,19H,2-5,7,9H2,1H3. The minimum Gasteiger partial charge on any atom is -0.345 e. The molecule has 0 unspecified atom stereocenters. The van der Waals surface area contributed by atoms with E-state index in [4.69, 9.17) is 11.6 Å². The Kier molecular flexibility index (Phi) is 5.32. The van der Waals surface area contributed by atoms with Gasteiger partial charge < -0.3 is 10.2 Å². The Bertz CT molecular complexity index is 475. The van der Waals surface area contributed by atoms with Crippen LogP contribution in [0.25, 0.3) is 0 Å². The molecule has 0 spiro atoms. The van der Waals surface area contributed by atoms with Gasteiger partial charge in [0.05, 0.1) is 5.02 Å². The first-order chi connectivity index (χ1) is 9.90. The number of pyridine rings is 1. The summed E-state index contributed by atoms with van der Waals surface area (Å²) in [6.07, 6.45) is -0.248. The highest BCUT2D eigenvalue weighted by molar-refractivity contribution is 6.31. The molecule has 1 aliphatic rings. The van der Waals surface area contributed by atoms with Crippen molar-refractivity contribution in [3.05, 3.63) is 22.8 Å². The van der Waals surface area contributed by atoms with Crippen molar-refractivity contribution in [1.29, 1.82) is 0 Å². The molecule has 1 fully saturated rings. The first-order valence-electron chi connectivity index (χ1n) is 7.09. The molecule has 0 radical (unpaired) electrons. The third kappa shape index (κ3) is 5.04. The average Bonchev–Trinajstić information content (AvgIpc) is 3.22. The van der Waals surface area contributed by atoms with Crippen molar-refractivity contribution in [2.75, 3.05) is 18.0 Å². The Balaban J connectivity index is 2.14. The van der Waals surface area contributed by atoms with E-state index in [1.807, 2.05) is 6.92 Å². The Hall–Kier alpha value is -1.01. The zero-order valence-electron chi connectivity index (χ0n) is 11.9. The van der Waals surface area contributed by atoms with Crippen molar-refractivity contribution in [3.63, 3.8) is 0 Å². The predicted octanol–water partition coefficient (Wildman–Crippen LogP) is 3.77. The molecular formula is C14H19ClF3N3. The van der Waals surface area contributed by atoms with Gasteiger partial charge in [-0.2, -0.15) is 13.2 Å². The van der Waals surface area contributed by atoms with Crippen LogP contribution in [-0.2, 0) is 6.54 Å². The van der Waals surface area contributed by atoms with Crippen LogP contribution in [0, 0.1) is 0 Å². The maximum atomic E-state index is 12.7. The summed E-state index contributed by atoms with van der Waals surface area (Å²) < 4.78 is 38.1. The molecule has 0 atom stereocenters. The number of rotatable bonds is 7. The monoisotopic (exact) mass is 321 g/mol. The van der Waals surface area contributed by atoms with Crippen LogP contribution >= 0.6 is 11.6 Å². The fraction of sp³-hybridized carbons (Fsp3) is 0.643. The number of nitrogens with one attached hydrogen (secondary N) is 1. The largest absolute Gasteiger partial charge is 0.405 e. The van der Waals surface area contributed by atoms with Gasteiger partial charge in [0, 0.05) is 18.8 Å². The van der Waals surface area contributed by atoms with Crippen LogP contribution in [0.1, 0.15) is 31.7 Å². The highest BCUT2D eigenvalue weighted by Gasteiger charge is 2.38. The Morgan fingerprint density at radius 1 is 1.43 bits per heavy atom. The molecule has 1 aromatic rings. The van der Waals surface area contributed by atoms with Crippen LogP contribution in [0.3, 0.4) is 0 Å². The summed E-state index contributed by atoms with van der Waals surface area (Å²) in [7, 11) is 0. The van der Waals surface area contributed by atoms with Gasteiger partial charge in [-0.05, 0) is 37.4 Å². The zero-order chi connectivity index (χ0) is 15.5. The van der Waals surface area contributed by atoms with Gasteiger partial charge in [-0.15, -0.1) is 0 Å². The summed E-state index contributed by atoms with van der Waals surface area (Å²) in [5.74, 6) is 0.354. The average molecular weight is 322 g/mol. The molecule has 2 rings (SSSR count). The van der Waals surface area contributed by atoms with Crippen LogP contribution in [0.5, 0.6) is 0 Å². The van der Waals surface area contributed by atoms with E-state index in [2.05, 4.69) is 10.3 Å². The zero-order valence-corrected chi connectivity index (χ0v) is 12.6. The van der Waals surface area contributed by atoms with E-state index in [0.29, 0.717) is 17.4 Å². The molecule has 0 bridgehead atoms. The predicted molar refractivity (Wildman–Crippen MR) is 77.7 cm³/mol. The number of alkyl halides is 3. The van der Waals surface area contributed by atoms with Gasteiger partial charge in [0.1, 0.15) is 12.4 Å². The third-order valence-electron chi connectivity index (χ3n) is 3.29. The van der Waals surface area contributed by atoms with E-state index in [9.17, 15) is 13.2 Å². The van der Waals surface area contributed by atoms with Crippen LogP contribution in [0.2, 0.25) is 5.02 Å². The van der Waals surface area contributed by atoms with Crippen LogP contribution < -0.4 is 10.2 Å². The molecule has 1 N–H and O–H groups in total. The maximum absolute atomic E-state index is 12.7. The van der Waals surface area contributed by atoms with Crippen LogP contribution in [-0.4, -0.2) is 30.3 Å². The second-order valence-electron chi connectivity index (χ2n) is 5.28. The molecule has 0 amide bonds. The number of halogens is 4. The molecule has 0 saturated heterocycles. The number of aromatic nitrogens is 1. The van der Waals surface area contributed by atoms with Gasteiger partial charge in [0.15, 0.2) is 0 Å². The fourth-order valence-corrected chi connectivity index (χ4v) is 2.31. The molecule has 21 heavy (non-hydrogen) atoms. The molecule has 0 aliphatic heterocycles. The quantitative estimate of drug-likeness (QED) is 0.775. The summed E-state index contributed by atoms with van der Waals surface area (Å²) in [4.78, 5) is 5.41. The van der Waals surface area contributed by atoms with Crippen molar-refractivity contribution in [1.82, 2.24) is 10.3 Å². The van der Waals surface area contributed by atoms with Crippen molar-refractivity contribution < 1.29 is 13.2 Å². The second kappa shape index (κ2) is 6.83. The van der Waals surface area contributed by atoms with Crippen molar-refractivity contribution >= 4 is 17.4 Å². The minimum absolute atomic E-state index is 0.0586. The molecule has 1 aromatic heterocycles. The van der Waals surface area contributed by atoms with E-state index < -0.39 is 12.7 Å². The van der Waals surface area contributed by atoms with E-state index in [1.165, 1.54) is 11.1 Å². The van der Waals surface area contributed by atoms with Gasteiger partial charge >= 0.3 is 6.18 Å². The molecule has 0 aromatic carbocycles. The molecule has 1 saturated carbocycles. The lowest BCUT2D eigenvalue weighted by molar-refractivity contribution is -0.120. The summed E-state index contributed by atoms with van der Waals surface area (Å²) in [5.41, 5.74) is 0.781. The number of hydrogen-bond acceptors (Lipinski definition) is 3. The molecule has 1 heterocycles. The van der Waals surface area contributed by atoms with E-state index in [1.54, 1.807) is 6.07 Å². The lowest BCUT2D eigenvalue weighted by atomic mass is 10.2. The molecular weight excluding hydrogens is 303 g/mol. The summed E-state index contributed by atoms with van der Waals surface area (Å²) in [5, 5.41) is 3.68. The number of anilines is 1. The Labute approximate surface area is 127 Å². The van der Waals surface area contributed by atoms with Gasteiger partial charge in [-0.1, -0.05) is 18.5 Å². The molecule has 118 valence electrons. The topological polar surface area (TPSA) is 28.2 Å². The van der Waals surface area contributed by atoms with E-state index in [0.717, 1.165) is 31.4 Å². The Morgan fingerprint density at radius 2 is 2.14 bits per heavy atom. The summed E-state index contributed by atoms with van der Waals surface area (Å²) in [6.45, 7) is 2.45. The van der Waals surface area contributed by atoms with Crippen molar-refractivity contribution in [2.45, 2.75) is 44.9 Å². The lowest BCUT2D eigenvalue weighted by Gasteiger charge is -2.25. The van der Waals surface area contributed by atoms with Crippen LogP contribution in [0.15, 0.2) is 12.3 Å². The number of nitrogens with zero attached hydrogens (tertiary/aromatic N) is 2. The van der Waals surface area contributed by atoms with Crippen molar-refractivity contribution in [3.8, 4) is 0 Å². The summed E-state index contributed by atoms with van der Waals surface area (Å²) >= 11 is 6.06. The highest BCUT2D eigenvalue weighted by Crippen LogP contribution is 2.34. The van der Waals surface area contributed by atoms with Gasteiger partial charge in [0.2, 0.25) is 0 Å². The first kappa shape index (κ1) is 16.4. The third-order valence-corrected chi connectivity index (χ3v) is 3.63. The lowest BCUT2D eigenvalue weighted by Crippen LogP contribution is -2.36. The van der Waals surface area contributed by atoms with Gasteiger partial charge in [0.25, 0.3) is 0 Å². The van der Waals surface area contributed by atoms with Gasteiger partial charge in [-0.25, -0.2) is 4.98 Å². The Morgan fingerprint density at radius 3 is 2.71 bits per heavy atom. The maximum Gasteiger partial charge on any atom is 0.405 e. The normalized spacial score (nSPS) is 15.3. The SMILES string of the molecule is CCCNCc1cc(N(CC(F)(F)F)C2CC2)ncc1Cl. The van der Waals surface area contributed by atoms with E-state index >= 15 is 0 Å². The molecule has 3 nitrogen and oxygen atoms in total. The summed E-state index contributed by atoms with van der Waals surface area (Å²) in [6, 6.07) is 1.60. The highest BCUT2D eigenvalue weighted by atomic mass is 35.5. The van der Waals surface area contributed by atoms with Crippen LogP contribution in [0.4, 0.5) is 19.0 Å². The molecule has 1 aliphatic carbocycles. The smallest absolute Gasteiger partial charge is 0.345 e. The van der Waals surface area contributed by atoms with E-state index in [-0.39, 0.29) is 6.04 Å². The van der Waals surface area contributed by atoms with Crippen molar-refractivity contribution in [2.24, 2.45) is 0 Å². The molecule has 7 heteroatoms. The number of hydrogen-bond donors (Lipinski definition) is 1. The second-order valence-corrected chi connectivity index (χ2v) is 5.69. The minimum atomic E-state index is -4.23. The first-order valence-corrected chi connectivity index (χ1v) is 7.47.